The summed E-state index contributed by atoms with van der Waals surface area (Å²) in [6.07, 6.45) is 3.30. The number of hydrogen-bond acceptors (Lipinski definition) is 5. The number of fused-ring (bicyclic) bond motifs is 1. The van der Waals surface area contributed by atoms with Gasteiger partial charge in [-0.15, -0.1) is 0 Å². The average Bonchev–Trinajstić information content (AvgIpc) is 3.36. The molecule has 0 amide bonds. The topological polar surface area (TPSA) is 74.8 Å². The van der Waals surface area contributed by atoms with E-state index in [2.05, 4.69) is 51.2 Å². The molecule has 1 aliphatic heterocycles. The molecule has 1 saturated heterocycles. The third-order valence-corrected chi connectivity index (χ3v) is 6.45. The highest BCUT2D eigenvalue weighted by Crippen LogP contribution is 2.35. The number of H-pyrrole nitrogens is 1. The number of hydrogen-bond donors (Lipinski definition) is 1. The van der Waals surface area contributed by atoms with Gasteiger partial charge >= 0.3 is 0 Å². The number of aromatic amines is 1. The van der Waals surface area contributed by atoms with Gasteiger partial charge in [0.25, 0.3) is 0 Å². The number of Topliss-reactive ketones (excluding diaryl/α,β-unsaturated/α-hetero) is 1. The molecule has 1 aromatic carbocycles. The van der Waals surface area contributed by atoms with Crippen LogP contribution in [0.15, 0.2) is 54.9 Å². The standard InChI is InChI=1S/C14H12N4O.C12H16ClN/c1-8-5-10(3-4-15-8)13-12-6-11(9(2)19)7-16-14(12)18-17-13;1-9-7-14(2)8-11(9)10-5-3-4-6-12(10)13/h3-7H,1-2H3,(H,16,17,18);3-6,9,11H,7-8H2,1-2H3/t;9?,11-/m.1/s1. The van der Waals surface area contributed by atoms with E-state index in [0.717, 1.165) is 33.9 Å². The first-order valence-corrected chi connectivity index (χ1v) is 11.4. The van der Waals surface area contributed by atoms with Crippen LogP contribution in [-0.4, -0.2) is 51.0 Å². The Balaban J connectivity index is 0.000000165. The van der Waals surface area contributed by atoms with E-state index in [4.69, 9.17) is 11.6 Å². The van der Waals surface area contributed by atoms with Crippen LogP contribution in [0.25, 0.3) is 22.3 Å². The molecule has 2 atom stereocenters. The molecule has 4 heterocycles. The summed E-state index contributed by atoms with van der Waals surface area (Å²) in [4.78, 5) is 22.2. The SMILES string of the molecule is CC(=O)c1cnc2n[nH]c(-c3ccnc(C)c3)c2c1.CC1CN(C)C[C@H]1c1ccccc1Cl. The minimum absolute atomic E-state index is 0.00698. The van der Waals surface area contributed by atoms with E-state index in [1.807, 2.05) is 37.3 Å². The number of likely N-dealkylation sites (tertiary alicyclic amines) is 1. The average molecular weight is 462 g/mol. The Labute approximate surface area is 199 Å². The number of benzene rings is 1. The van der Waals surface area contributed by atoms with Gasteiger partial charge in [0, 0.05) is 58.6 Å². The molecule has 5 rings (SSSR count). The van der Waals surface area contributed by atoms with E-state index in [9.17, 15) is 4.79 Å². The lowest BCUT2D eigenvalue weighted by molar-refractivity contribution is 0.101. The Kier molecular flexibility index (Phi) is 6.86. The van der Waals surface area contributed by atoms with Crippen LogP contribution in [0.1, 0.15) is 41.4 Å². The predicted octanol–water partition coefficient (Wildman–Crippen LogP) is 5.54. The first-order chi connectivity index (χ1) is 15.8. The molecule has 0 aliphatic carbocycles. The first-order valence-electron chi connectivity index (χ1n) is 11.0. The lowest BCUT2D eigenvalue weighted by Crippen LogP contribution is -2.13. The molecule has 1 N–H and O–H groups in total. The molecule has 170 valence electrons. The summed E-state index contributed by atoms with van der Waals surface area (Å²) in [7, 11) is 2.17. The van der Waals surface area contributed by atoms with Gasteiger partial charge in [-0.2, -0.15) is 5.10 Å². The number of carbonyl (C=O) groups is 1. The number of nitrogens with zero attached hydrogens (tertiary/aromatic N) is 4. The zero-order valence-electron chi connectivity index (χ0n) is 19.3. The lowest BCUT2D eigenvalue weighted by atomic mass is 9.90. The zero-order valence-corrected chi connectivity index (χ0v) is 20.1. The molecule has 0 bridgehead atoms. The van der Waals surface area contributed by atoms with Gasteiger partial charge < -0.3 is 4.90 Å². The molecule has 33 heavy (non-hydrogen) atoms. The summed E-state index contributed by atoms with van der Waals surface area (Å²) in [5.41, 5.74) is 5.27. The molecule has 0 spiro atoms. The third kappa shape index (κ3) is 5.13. The maximum Gasteiger partial charge on any atom is 0.181 e. The molecule has 4 aromatic rings. The Morgan fingerprint density at radius 1 is 1.15 bits per heavy atom. The van der Waals surface area contributed by atoms with E-state index in [1.54, 1.807) is 12.4 Å². The molecular weight excluding hydrogens is 434 g/mol. The van der Waals surface area contributed by atoms with Crippen LogP contribution < -0.4 is 0 Å². The van der Waals surface area contributed by atoms with E-state index in [1.165, 1.54) is 19.0 Å². The number of likely N-dealkylation sites (N-methyl/N-ethyl adjacent to an activating group) is 1. The highest BCUT2D eigenvalue weighted by Gasteiger charge is 2.29. The van der Waals surface area contributed by atoms with Crippen molar-refractivity contribution in [1.82, 2.24) is 25.1 Å². The second-order valence-corrected chi connectivity index (χ2v) is 9.17. The smallest absolute Gasteiger partial charge is 0.181 e. The molecule has 3 aromatic heterocycles. The van der Waals surface area contributed by atoms with Crippen molar-refractivity contribution in [3.63, 3.8) is 0 Å². The highest BCUT2D eigenvalue weighted by molar-refractivity contribution is 6.31. The van der Waals surface area contributed by atoms with Crippen molar-refractivity contribution in [3.05, 3.63) is 76.7 Å². The minimum Gasteiger partial charge on any atom is -0.305 e. The fourth-order valence-electron chi connectivity index (χ4n) is 4.40. The van der Waals surface area contributed by atoms with Crippen LogP contribution in [0.2, 0.25) is 5.02 Å². The third-order valence-electron chi connectivity index (χ3n) is 6.10. The first kappa shape index (κ1) is 23.1. The highest BCUT2D eigenvalue weighted by atomic mass is 35.5. The molecule has 0 saturated carbocycles. The second kappa shape index (κ2) is 9.81. The second-order valence-electron chi connectivity index (χ2n) is 8.76. The molecule has 1 fully saturated rings. The predicted molar refractivity (Wildman–Crippen MR) is 133 cm³/mol. The van der Waals surface area contributed by atoms with Gasteiger partial charge in [-0.05, 0) is 56.6 Å². The van der Waals surface area contributed by atoms with Crippen LogP contribution >= 0.6 is 11.6 Å². The number of rotatable bonds is 3. The number of aromatic nitrogens is 4. The Morgan fingerprint density at radius 2 is 1.94 bits per heavy atom. The quantitative estimate of drug-likeness (QED) is 0.405. The molecule has 7 heteroatoms. The van der Waals surface area contributed by atoms with Crippen LogP contribution in [0.5, 0.6) is 0 Å². The van der Waals surface area contributed by atoms with Crippen molar-refractivity contribution in [2.75, 3.05) is 20.1 Å². The van der Waals surface area contributed by atoms with Crippen molar-refractivity contribution in [2.45, 2.75) is 26.7 Å². The van der Waals surface area contributed by atoms with Gasteiger partial charge in [-0.25, -0.2) is 4.98 Å². The molecule has 1 aliphatic rings. The fourth-order valence-corrected chi connectivity index (χ4v) is 4.68. The van der Waals surface area contributed by atoms with Crippen molar-refractivity contribution in [1.29, 1.82) is 0 Å². The van der Waals surface area contributed by atoms with Crippen LogP contribution in [0.3, 0.4) is 0 Å². The van der Waals surface area contributed by atoms with Crippen molar-refractivity contribution >= 4 is 28.4 Å². The van der Waals surface area contributed by atoms with Crippen LogP contribution in [0.4, 0.5) is 0 Å². The number of halogens is 1. The van der Waals surface area contributed by atoms with Crippen molar-refractivity contribution in [3.8, 4) is 11.3 Å². The number of carbonyl (C=O) groups excluding carboxylic acids is 1. The van der Waals surface area contributed by atoms with Gasteiger partial charge in [0.15, 0.2) is 11.4 Å². The maximum atomic E-state index is 11.4. The summed E-state index contributed by atoms with van der Waals surface area (Å²) < 4.78 is 0. The van der Waals surface area contributed by atoms with E-state index in [-0.39, 0.29) is 5.78 Å². The Bertz CT molecular complexity index is 1280. The summed E-state index contributed by atoms with van der Waals surface area (Å²) >= 11 is 6.20. The summed E-state index contributed by atoms with van der Waals surface area (Å²) in [5, 5.41) is 8.89. The largest absolute Gasteiger partial charge is 0.305 e. The number of aryl methyl sites for hydroxylation is 1. The van der Waals surface area contributed by atoms with Gasteiger partial charge in [0.05, 0.1) is 5.69 Å². The summed E-state index contributed by atoms with van der Waals surface area (Å²) in [5.74, 6) is 1.31. The van der Waals surface area contributed by atoms with E-state index < -0.39 is 0 Å². The van der Waals surface area contributed by atoms with E-state index in [0.29, 0.717) is 23.0 Å². The number of ketones is 1. The fraction of sp³-hybridized carbons (Fsp3) is 0.308. The normalized spacial score (nSPS) is 18.2. The van der Waals surface area contributed by atoms with Crippen molar-refractivity contribution in [2.24, 2.45) is 5.92 Å². The molecule has 0 radical (unpaired) electrons. The Hall–Kier alpha value is -3.09. The number of pyridine rings is 2. The Morgan fingerprint density at radius 3 is 2.61 bits per heavy atom. The van der Waals surface area contributed by atoms with Gasteiger partial charge in [0.2, 0.25) is 0 Å². The summed E-state index contributed by atoms with van der Waals surface area (Å²) in [6, 6.07) is 13.9. The molecule has 6 nitrogen and oxygen atoms in total. The van der Waals surface area contributed by atoms with Gasteiger partial charge in [-0.1, -0.05) is 36.7 Å². The monoisotopic (exact) mass is 461 g/mol. The van der Waals surface area contributed by atoms with Gasteiger partial charge in [0.1, 0.15) is 0 Å². The zero-order chi connectivity index (χ0) is 23.5. The summed E-state index contributed by atoms with van der Waals surface area (Å²) in [6.45, 7) is 8.07. The maximum absolute atomic E-state index is 11.4. The van der Waals surface area contributed by atoms with Crippen LogP contribution in [0, 0.1) is 12.8 Å². The van der Waals surface area contributed by atoms with Crippen LogP contribution in [-0.2, 0) is 0 Å². The van der Waals surface area contributed by atoms with E-state index >= 15 is 0 Å². The molecular formula is C26H28ClN5O. The number of nitrogens with one attached hydrogen (secondary N) is 1. The van der Waals surface area contributed by atoms with Gasteiger partial charge in [-0.3, -0.25) is 14.9 Å². The molecule has 1 unspecified atom stereocenters. The minimum atomic E-state index is -0.00698. The van der Waals surface area contributed by atoms with Crippen molar-refractivity contribution < 1.29 is 4.79 Å². The lowest BCUT2D eigenvalue weighted by Gasteiger charge is -2.15.